The Labute approximate surface area is 89.2 Å². The summed E-state index contributed by atoms with van der Waals surface area (Å²) in [4.78, 5) is 10.2. The summed E-state index contributed by atoms with van der Waals surface area (Å²) in [5, 5.41) is 8.41. The number of aliphatic carboxylic acids is 1. The Balaban J connectivity index is 2.34. The van der Waals surface area contributed by atoms with Gasteiger partial charge in [0.2, 0.25) is 0 Å². The van der Waals surface area contributed by atoms with E-state index < -0.39 is 5.97 Å². The highest BCUT2D eigenvalue weighted by atomic mass is 16.4. The number of carbonyl (C=O) groups is 1. The zero-order valence-corrected chi connectivity index (χ0v) is 8.47. The summed E-state index contributed by atoms with van der Waals surface area (Å²) in [5.41, 5.74) is 6.94. The number of benzene rings is 1. The summed E-state index contributed by atoms with van der Waals surface area (Å²) < 4.78 is 0. The van der Waals surface area contributed by atoms with Crippen molar-refractivity contribution in [2.75, 3.05) is 0 Å². The molecule has 0 fully saturated rings. The number of carboxylic acid groups (broad SMARTS) is 1. The number of rotatable bonds is 5. The van der Waals surface area contributed by atoms with Crippen molar-refractivity contribution in [3.63, 3.8) is 0 Å². The lowest BCUT2D eigenvalue weighted by Crippen LogP contribution is -2.18. The second-order valence-corrected chi connectivity index (χ2v) is 3.39. The highest BCUT2D eigenvalue weighted by Gasteiger charge is 1.99. The zero-order valence-electron chi connectivity index (χ0n) is 8.47. The summed E-state index contributed by atoms with van der Waals surface area (Å²) in [6.07, 6.45) is 4.24. The van der Waals surface area contributed by atoms with E-state index in [0.717, 1.165) is 18.9 Å². The Morgan fingerprint density at radius 3 is 2.67 bits per heavy atom. The van der Waals surface area contributed by atoms with Crippen molar-refractivity contribution < 1.29 is 9.90 Å². The molecule has 1 aromatic rings. The molecule has 0 saturated carbocycles. The second kappa shape index (κ2) is 5.98. The minimum atomic E-state index is -0.954. The third-order valence-corrected chi connectivity index (χ3v) is 2.10. The van der Waals surface area contributed by atoms with Gasteiger partial charge in [-0.25, -0.2) is 4.79 Å². The molecule has 0 spiro atoms. The molecule has 0 heterocycles. The largest absolute Gasteiger partial charge is 0.478 e. The van der Waals surface area contributed by atoms with Gasteiger partial charge in [-0.05, 0) is 18.4 Å². The van der Waals surface area contributed by atoms with Crippen molar-refractivity contribution in [1.82, 2.24) is 0 Å². The number of hydrogen-bond acceptors (Lipinski definition) is 2. The summed E-state index contributed by atoms with van der Waals surface area (Å²) in [6, 6.07) is 9.80. The van der Waals surface area contributed by atoms with E-state index >= 15 is 0 Å². The topological polar surface area (TPSA) is 63.3 Å². The van der Waals surface area contributed by atoms with Crippen LogP contribution >= 0.6 is 0 Å². The van der Waals surface area contributed by atoms with E-state index in [-0.39, 0.29) is 6.04 Å². The number of hydrogen-bond donors (Lipinski definition) is 2. The maximum Gasteiger partial charge on any atom is 0.328 e. The molecular formula is C12H15NO2. The maximum absolute atomic E-state index is 10.2. The van der Waals surface area contributed by atoms with Crippen LogP contribution in [0.15, 0.2) is 42.5 Å². The minimum absolute atomic E-state index is 0.193. The molecule has 3 nitrogen and oxygen atoms in total. The van der Waals surface area contributed by atoms with Gasteiger partial charge in [-0.2, -0.15) is 0 Å². The van der Waals surface area contributed by atoms with Crippen LogP contribution in [0.25, 0.3) is 0 Å². The fourth-order valence-electron chi connectivity index (χ4n) is 1.28. The van der Waals surface area contributed by atoms with Crippen LogP contribution in [0, 0.1) is 0 Å². The van der Waals surface area contributed by atoms with Gasteiger partial charge in [0.1, 0.15) is 0 Å². The predicted octanol–water partition coefficient (Wildman–Crippen LogP) is 1.59. The quantitative estimate of drug-likeness (QED) is 0.717. The predicted molar refractivity (Wildman–Crippen MR) is 59.5 cm³/mol. The van der Waals surface area contributed by atoms with Gasteiger partial charge in [0.25, 0.3) is 0 Å². The third kappa shape index (κ3) is 4.98. The molecule has 3 heteroatoms. The van der Waals surface area contributed by atoms with Gasteiger partial charge in [0, 0.05) is 12.1 Å². The Morgan fingerprint density at radius 1 is 1.40 bits per heavy atom. The molecule has 0 unspecified atom stereocenters. The van der Waals surface area contributed by atoms with Crippen LogP contribution in [-0.4, -0.2) is 17.1 Å². The Morgan fingerprint density at radius 2 is 2.07 bits per heavy atom. The maximum atomic E-state index is 10.2. The number of aryl methyl sites for hydroxylation is 1. The highest BCUT2D eigenvalue weighted by molar-refractivity contribution is 5.79. The molecule has 1 atom stereocenters. The Hall–Kier alpha value is -1.61. The molecule has 15 heavy (non-hydrogen) atoms. The molecule has 0 saturated heterocycles. The summed E-state index contributed by atoms with van der Waals surface area (Å²) in [6.45, 7) is 0. The molecule has 1 rings (SSSR count). The van der Waals surface area contributed by atoms with Crippen LogP contribution in [0.2, 0.25) is 0 Å². The van der Waals surface area contributed by atoms with Crippen molar-refractivity contribution >= 4 is 5.97 Å². The van der Waals surface area contributed by atoms with Gasteiger partial charge < -0.3 is 10.8 Å². The molecule has 0 aliphatic heterocycles. The van der Waals surface area contributed by atoms with Crippen LogP contribution in [-0.2, 0) is 11.2 Å². The van der Waals surface area contributed by atoms with Crippen molar-refractivity contribution in [3.8, 4) is 0 Å². The highest BCUT2D eigenvalue weighted by Crippen LogP contribution is 2.04. The first-order valence-electron chi connectivity index (χ1n) is 4.89. The van der Waals surface area contributed by atoms with Gasteiger partial charge >= 0.3 is 5.97 Å². The van der Waals surface area contributed by atoms with E-state index in [0.29, 0.717) is 0 Å². The lowest BCUT2D eigenvalue weighted by molar-refractivity contribution is -0.131. The molecule has 0 aromatic heterocycles. The van der Waals surface area contributed by atoms with Gasteiger partial charge in [-0.1, -0.05) is 36.4 Å². The fraction of sp³-hybridized carbons (Fsp3) is 0.250. The van der Waals surface area contributed by atoms with Crippen molar-refractivity contribution in [3.05, 3.63) is 48.0 Å². The molecule has 0 aliphatic carbocycles. The molecule has 0 aliphatic rings. The number of nitrogens with two attached hydrogens (primary N) is 1. The van der Waals surface area contributed by atoms with Crippen LogP contribution in [0.4, 0.5) is 0 Å². The lowest BCUT2D eigenvalue weighted by Gasteiger charge is -2.05. The molecule has 0 amide bonds. The lowest BCUT2D eigenvalue weighted by atomic mass is 10.1. The SMILES string of the molecule is N[C@H](/C=C/C(=O)O)CCc1ccccc1. The Bertz CT molecular complexity index is 333. The second-order valence-electron chi connectivity index (χ2n) is 3.39. The smallest absolute Gasteiger partial charge is 0.328 e. The average molecular weight is 205 g/mol. The van der Waals surface area contributed by atoms with Crippen molar-refractivity contribution in [1.29, 1.82) is 0 Å². The van der Waals surface area contributed by atoms with E-state index in [2.05, 4.69) is 0 Å². The molecular weight excluding hydrogens is 190 g/mol. The van der Waals surface area contributed by atoms with Gasteiger partial charge in [-0.15, -0.1) is 0 Å². The summed E-state index contributed by atoms with van der Waals surface area (Å²) in [7, 11) is 0. The molecule has 1 aromatic carbocycles. The number of carboxylic acids is 1. The summed E-state index contributed by atoms with van der Waals surface area (Å²) in [5.74, 6) is -0.954. The first-order chi connectivity index (χ1) is 7.18. The zero-order chi connectivity index (χ0) is 11.1. The van der Waals surface area contributed by atoms with Gasteiger partial charge in [0.15, 0.2) is 0 Å². The standard InChI is InChI=1S/C12H15NO2/c13-11(8-9-12(14)15)7-6-10-4-2-1-3-5-10/h1-5,8-9,11H,6-7,13H2,(H,14,15)/b9-8+/t11-/m0/s1. The Kier molecular flexibility index (Phi) is 4.57. The van der Waals surface area contributed by atoms with E-state index in [4.69, 9.17) is 10.8 Å². The fourth-order valence-corrected chi connectivity index (χ4v) is 1.28. The van der Waals surface area contributed by atoms with Crippen molar-refractivity contribution in [2.45, 2.75) is 18.9 Å². The summed E-state index contributed by atoms with van der Waals surface area (Å²) >= 11 is 0. The normalized spacial score (nSPS) is 12.9. The van der Waals surface area contributed by atoms with Crippen LogP contribution < -0.4 is 5.73 Å². The molecule has 0 radical (unpaired) electrons. The minimum Gasteiger partial charge on any atom is -0.478 e. The van der Waals surface area contributed by atoms with E-state index in [1.54, 1.807) is 0 Å². The van der Waals surface area contributed by atoms with Crippen LogP contribution in [0.1, 0.15) is 12.0 Å². The molecule has 3 N–H and O–H groups in total. The molecule has 80 valence electrons. The van der Waals surface area contributed by atoms with Crippen LogP contribution in [0.5, 0.6) is 0 Å². The third-order valence-electron chi connectivity index (χ3n) is 2.10. The first kappa shape index (κ1) is 11.5. The molecule has 0 bridgehead atoms. The van der Waals surface area contributed by atoms with Gasteiger partial charge in [-0.3, -0.25) is 0 Å². The first-order valence-corrected chi connectivity index (χ1v) is 4.89. The van der Waals surface area contributed by atoms with Crippen molar-refractivity contribution in [2.24, 2.45) is 5.73 Å². The van der Waals surface area contributed by atoms with Crippen LogP contribution in [0.3, 0.4) is 0 Å². The van der Waals surface area contributed by atoms with E-state index in [1.807, 2.05) is 30.3 Å². The van der Waals surface area contributed by atoms with Gasteiger partial charge in [0.05, 0.1) is 0 Å². The monoisotopic (exact) mass is 205 g/mol. The average Bonchev–Trinajstić information content (AvgIpc) is 2.25. The van der Waals surface area contributed by atoms with E-state index in [9.17, 15) is 4.79 Å². The van der Waals surface area contributed by atoms with E-state index in [1.165, 1.54) is 11.6 Å².